The number of rotatable bonds is 2. The average molecular weight is 191 g/mol. The summed E-state index contributed by atoms with van der Waals surface area (Å²) in [6.07, 6.45) is 0. The summed E-state index contributed by atoms with van der Waals surface area (Å²) < 4.78 is 5.09. The number of carbonyl (C=O) groups excluding carboxylic acids is 1. The summed E-state index contributed by atoms with van der Waals surface area (Å²) in [7, 11) is 0. The Morgan fingerprint density at radius 3 is 2.67 bits per heavy atom. The van der Waals surface area contributed by atoms with Gasteiger partial charge in [-0.25, -0.2) is 4.79 Å². The molecule has 12 heavy (non-hydrogen) atoms. The van der Waals surface area contributed by atoms with Gasteiger partial charge < -0.3 is 9.57 Å². The molecule has 0 bridgehead atoms. The zero-order valence-electron chi connectivity index (χ0n) is 7.02. The van der Waals surface area contributed by atoms with E-state index in [4.69, 9.17) is 9.57 Å². The van der Waals surface area contributed by atoms with Crippen LogP contribution in [0.2, 0.25) is 0 Å². The van der Waals surface area contributed by atoms with Crippen molar-refractivity contribution >= 4 is 18.6 Å². The van der Waals surface area contributed by atoms with Crippen molar-refractivity contribution in [1.82, 2.24) is 5.06 Å². The summed E-state index contributed by atoms with van der Waals surface area (Å²) in [6.45, 7) is 4.22. The van der Waals surface area contributed by atoms with E-state index in [-0.39, 0.29) is 11.2 Å². The molecule has 1 unspecified atom stereocenters. The minimum atomic E-state index is -0.368. The van der Waals surface area contributed by atoms with Crippen molar-refractivity contribution in [3.63, 3.8) is 0 Å². The van der Waals surface area contributed by atoms with Crippen molar-refractivity contribution < 1.29 is 14.4 Å². The Morgan fingerprint density at radius 1 is 1.58 bits per heavy atom. The predicted molar refractivity (Wildman–Crippen MR) is 46.9 cm³/mol. The highest BCUT2D eigenvalue weighted by Gasteiger charge is 2.17. The molecule has 0 radical (unpaired) electrons. The summed E-state index contributed by atoms with van der Waals surface area (Å²) >= 11 is 3.96. The molecule has 1 rings (SSSR count). The molecule has 1 atom stereocenters. The normalized spacial score (nSPS) is 21.8. The number of ether oxygens (including phenoxy) is 1. The molecule has 0 aromatic carbocycles. The smallest absolute Gasteiger partial charge is 0.337 e. The number of hydrogen-bond donors (Lipinski definition) is 1. The van der Waals surface area contributed by atoms with Gasteiger partial charge in [0.2, 0.25) is 0 Å². The van der Waals surface area contributed by atoms with Crippen molar-refractivity contribution in [3.8, 4) is 0 Å². The van der Waals surface area contributed by atoms with E-state index in [1.807, 2.05) is 0 Å². The van der Waals surface area contributed by atoms with Gasteiger partial charge in [-0.05, 0) is 6.92 Å². The quantitative estimate of drug-likeness (QED) is 0.628. The molecule has 1 fully saturated rings. The van der Waals surface area contributed by atoms with E-state index in [1.165, 1.54) is 0 Å². The van der Waals surface area contributed by atoms with Crippen LogP contribution in [0.1, 0.15) is 6.92 Å². The highest BCUT2D eigenvalue weighted by Crippen LogP contribution is 2.02. The number of hydroxylamine groups is 2. The van der Waals surface area contributed by atoms with Crippen LogP contribution in [-0.4, -0.2) is 42.6 Å². The van der Waals surface area contributed by atoms with Crippen LogP contribution < -0.4 is 0 Å². The average Bonchev–Trinajstić information content (AvgIpc) is 2.06. The van der Waals surface area contributed by atoms with Crippen LogP contribution >= 0.6 is 12.6 Å². The first kappa shape index (κ1) is 9.83. The lowest BCUT2D eigenvalue weighted by molar-refractivity contribution is -0.204. The standard InChI is InChI=1S/C7H13NO3S/c1-6(12)7(9)11-8-2-4-10-5-3-8/h6,12H,2-5H2,1H3. The Balaban J connectivity index is 2.24. The molecule has 0 aromatic heterocycles. The topological polar surface area (TPSA) is 38.8 Å². The second kappa shape index (κ2) is 4.69. The minimum absolute atomic E-state index is 0.305. The van der Waals surface area contributed by atoms with Crippen LogP contribution in [0.4, 0.5) is 0 Å². The third kappa shape index (κ3) is 3.00. The first-order valence-corrected chi connectivity index (χ1v) is 4.44. The second-order valence-electron chi connectivity index (χ2n) is 2.63. The molecule has 0 spiro atoms. The molecule has 0 N–H and O–H groups in total. The van der Waals surface area contributed by atoms with E-state index in [0.29, 0.717) is 26.3 Å². The van der Waals surface area contributed by atoms with E-state index in [1.54, 1.807) is 12.0 Å². The second-order valence-corrected chi connectivity index (χ2v) is 3.40. The Morgan fingerprint density at radius 2 is 2.17 bits per heavy atom. The number of thiol groups is 1. The van der Waals surface area contributed by atoms with Crippen molar-refractivity contribution in [2.75, 3.05) is 26.3 Å². The van der Waals surface area contributed by atoms with Crippen LogP contribution in [0.25, 0.3) is 0 Å². The molecule has 1 heterocycles. The third-order valence-corrected chi connectivity index (χ3v) is 1.74. The maximum Gasteiger partial charge on any atom is 0.337 e. The molecule has 0 saturated carbocycles. The maximum atomic E-state index is 11.0. The molecule has 0 amide bonds. The minimum Gasteiger partial charge on any atom is -0.379 e. The number of hydrogen-bond acceptors (Lipinski definition) is 5. The van der Waals surface area contributed by atoms with Crippen molar-refractivity contribution in [2.45, 2.75) is 12.2 Å². The van der Waals surface area contributed by atoms with Gasteiger partial charge in [-0.3, -0.25) is 0 Å². The van der Waals surface area contributed by atoms with Crippen LogP contribution in [0.5, 0.6) is 0 Å². The Labute approximate surface area is 77.2 Å². The summed E-state index contributed by atoms with van der Waals surface area (Å²) in [5, 5.41) is 1.24. The van der Waals surface area contributed by atoms with Gasteiger partial charge in [0.05, 0.1) is 31.6 Å². The summed E-state index contributed by atoms with van der Waals surface area (Å²) in [4.78, 5) is 16.0. The van der Waals surface area contributed by atoms with Crippen LogP contribution in [0, 0.1) is 0 Å². The van der Waals surface area contributed by atoms with Gasteiger partial charge in [0.1, 0.15) is 0 Å². The summed E-state index contributed by atoms with van der Waals surface area (Å²) in [5.41, 5.74) is 0. The molecule has 0 aliphatic carbocycles. The fourth-order valence-corrected chi connectivity index (χ4v) is 0.889. The van der Waals surface area contributed by atoms with Gasteiger partial charge >= 0.3 is 5.97 Å². The predicted octanol–water partition coefficient (Wildman–Crippen LogP) is 0.0951. The van der Waals surface area contributed by atoms with Crippen LogP contribution in [0.3, 0.4) is 0 Å². The lowest BCUT2D eigenvalue weighted by atomic mass is 10.5. The highest BCUT2D eigenvalue weighted by atomic mass is 32.1. The van der Waals surface area contributed by atoms with Gasteiger partial charge in [-0.15, -0.1) is 5.06 Å². The van der Waals surface area contributed by atoms with E-state index in [0.717, 1.165) is 0 Å². The van der Waals surface area contributed by atoms with Crippen LogP contribution in [-0.2, 0) is 14.4 Å². The zero-order valence-corrected chi connectivity index (χ0v) is 7.92. The lowest BCUT2D eigenvalue weighted by Crippen LogP contribution is -2.39. The maximum absolute atomic E-state index is 11.0. The van der Waals surface area contributed by atoms with Gasteiger partial charge in [0.15, 0.2) is 0 Å². The Kier molecular flexibility index (Phi) is 3.84. The molecule has 4 nitrogen and oxygen atoms in total. The van der Waals surface area contributed by atoms with Gasteiger partial charge in [-0.2, -0.15) is 12.6 Å². The summed E-state index contributed by atoms with van der Waals surface area (Å²) in [6, 6.07) is 0. The van der Waals surface area contributed by atoms with E-state index in [9.17, 15) is 4.79 Å². The number of nitrogens with zero attached hydrogens (tertiary/aromatic N) is 1. The summed E-state index contributed by atoms with van der Waals surface area (Å²) in [5.74, 6) is -0.305. The van der Waals surface area contributed by atoms with Crippen LogP contribution in [0.15, 0.2) is 0 Å². The molecule has 0 aromatic rings. The molecule has 1 aliphatic heterocycles. The van der Waals surface area contributed by atoms with Crippen molar-refractivity contribution in [3.05, 3.63) is 0 Å². The Bertz CT molecular complexity index is 157. The lowest BCUT2D eigenvalue weighted by Gasteiger charge is -2.25. The zero-order chi connectivity index (χ0) is 8.97. The third-order valence-electron chi connectivity index (χ3n) is 1.53. The SMILES string of the molecule is CC(S)C(=O)ON1CCOCC1. The van der Waals surface area contributed by atoms with Crippen molar-refractivity contribution in [1.29, 1.82) is 0 Å². The fourth-order valence-electron chi connectivity index (χ4n) is 0.841. The first-order chi connectivity index (χ1) is 5.70. The molecular weight excluding hydrogens is 178 g/mol. The van der Waals surface area contributed by atoms with Gasteiger partial charge in [0.25, 0.3) is 0 Å². The molecule has 70 valence electrons. The molecule has 1 aliphatic rings. The van der Waals surface area contributed by atoms with E-state index >= 15 is 0 Å². The highest BCUT2D eigenvalue weighted by molar-refractivity contribution is 7.81. The van der Waals surface area contributed by atoms with E-state index in [2.05, 4.69) is 12.6 Å². The fraction of sp³-hybridized carbons (Fsp3) is 0.857. The number of morpholine rings is 1. The Hall–Kier alpha value is -0.260. The molecule has 5 heteroatoms. The largest absolute Gasteiger partial charge is 0.379 e. The van der Waals surface area contributed by atoms with E-state index < -0.39 is 0 Å². The first-order valence-electron chi connectivity index (χ1n) is 3.92. The monoisotopic (exact) mass is 191 g/mol. The van der Waals surface area contributed by atoms with Gasteiger partial charge in [0, 0.05) is 0 Å². The van der Waals surface area contributed by atoms with Crippen molar-refractivity contribution in [2.24, 2.45) is 0 Å². The molecular formula is C7H13NO3S. The molecule has 1 saturated heterocycles. The van der Waals surface area contributed by atoms with Gasteiger partial charge in [-0.1, -0.05) is 0 Å². The number of carbonyl (C=O) groups is 1.